The quantitative estimate of drug-likeness (QED) is 0.785. The fourth-order valence-electron chi connectivity index (χ4n) is 2.52. The Kier molecular flexibility index (Phi) is 5.61. The summed E-state index contributed by atoms with van der Waals surface area (Å²) < 4.78 is 24.5. The van der Waals surface area contributed by atoms with E-state index in [1.165, 1.54) is 31.5 Å². The van der Waals surface area contributed by atoms with Crippen molar-refractivity contribution in [3.8, 4) is 11.6 Å². The molecule has 1 saturated carbocycles. The summed E-state index contributed by atoms with van der Waals surface area (Å²) in [7, 11) is 1.40. The number of pyridine rings is 1. The first-order valence-electron chi connectivity index (χ1n) is 8.41. The van der Waals surface area contributed by atoms with Crippen molar-refractivity contribution in [3.05, 3.63) is 52.4 Å². The normalized spacial score (nSPS) is 14.6. The Morgan fingerprint density at radius 1 is 1.42 bits per heavy atom. The molecule has 1 atom stereocenters. The third-order valence-corrected chi connectivity index (χ3v) is 4.58. The van der Waals surface area contributed by atoms with Crippen LogP contribution in [0.5, 0.6) is 11.6 Å². The van der Waals surface area contributed by atoms with Gasteiger partial charge in [-0.05, 0) is 49.4 Å². The van der Waals surface area contributed by atoms with Crippen LogP contribution in [0.25, 0.3) is 0 Å². The van der Waals surface area contributed by atoms with Crippen molar-refractivity contribution < 1.29 is 18.7 Å². The molecule has 0 saturated heterocycles. The Balaban J connectivity index is 1.75. The highest BCUT2D eigenvalue weighted by atomic mass is 35.5. The van der Waals surface area contributed by atoms with Crippen molar-refractivity contribution in [2.24, 2.45) is 5.92 Å². The molecule has 0 spiro atoms. The summed E-state index contributed by atoms with van der Waals surface area (Å²) in [6.45, 7) is 2.28. The minimum Gasteiger partial charge on any atom is -0.494 e. The smallest absolute Gasteiger partial charge is 0.258 e. The second kappa shape index (κ2) is 7.91. The Labute approximate surface area is 156 Å². The molecule has 1 aromatic carbocycles. The molecule has 1 aliphatic rings. The number of amides is 1. The van der Waals surface area contributed by atoms with Crippen LogP contribution in [-0.4, -0.2) is 24.6 Å². The largest absolute Gasteiger partial charge is 0.494 e. The van der Waals surface area contributed by atoms with Gasteiger partial charge in [0.15, 0.2) is 11.6 Å². The number of nitrogens with zero attached hydrogens (tertiary/aromatic N) is 1. The third-order valence-electron chi connectivity index (χ3n) is 4.27. The van der Waals surface area contributed by atoms with E-state index >= 15 is 0 Å². The number of hydrogen-bond acceptors (Lipinski definition) is 4. The van der Waals surface area contributed by atoms with Gasteiger partial charge in [0.2, 0.25) is 5.88 Å². The Bertz CT molecular complexity index is 811. The fraction of sp³-hybridized carbons (Fsp3) is 0.368. The van der Waals surface area contributed by atoms with Crippen LogP contribution in [0.1, 0.15) is 41.7 Å². The number of benzene rings is 1. The summed E-state index contributed by atoms with van der Waals surface area (Å²) in [5.74, 6) is -0.0159. The highest BCUT2D eigenvalue weighted by Gasteiger charge is 2.25. The van der Waals surface area contributed by atoms with Crippen LogP contribution in [0.4, 0.5) is 4.39 Å². The summed E-state index contributed by atoms with van der Waals surface area (Å²) >= 11 is 6.19. The van der Waals surface area contributed by atoms with Crippen molar-refractivity contribution >= 4 is 17.5 Å². The van der Waals surface area contributed by atoms with E-state index in [1.54, 1.807) is 13.0 Å². The Morgan fingerprint density at radius 2 is 2.19 bits per heavy atom. The number of ether oxygens (including phenoxy) is 2. The van der Waals surface area contributed by atoms with E-state index in [0.717, 1.165) is 12.8 Å². The van der Waals surface area contributed by atoms with Gasteiger partial charge >= 0.3 is 0 Å². The van der Waals surface area contributed by atoms with Gasteiger partial charge in [0, 0.05) is 6.20 Å². The predicted octanol–water partition coefficient (Wildman–Crippen LogP) is 4.16. The number of rotatable bonds is 7. The summed E-state index contributed by atoms with van der Waals surface area (Å²) in [4.78, 5) is 16.8. The van der Waals surface area contributed by atoms with Gasteiger partial charge in [0.05, 0.1) is 24.8 Å². The Hall–Kier alpha value is -2.34. The number of methoxy groups -OCH3 is 1. The topological polar surface area (TPSA) is 60.5 Å². The molecule has 1 aliphatic carbocycles. The lowest BCUT2D eigenvalue weighted by atomic mass is 10.1. The van der Waals surface area contributed by atoms with Crippen LogP contribution in [0.15, 0.2) is 30.5 Å². The lowest BCUT2D eigenvalue weighted by Gasteiger charge is -2.17. The van der Waals surface area contributed by atoms with E-state index in [2.05, 4.69) is 10.3 Å². The first-order chi connectivity index (χ1) is 12.5. The maximum Gasteiger partial charge on any atom is 0.258 e. The van der Waals surface area contributed by atoms with Crippen molar-refractivity contribution in [1.29, 1.82) is 0 Å². The number of aromatic nitrogens is 1. The van der Waals surface area contributed by atoms with Gasteiger partial charge < -0.3 is 14.8 Å². The molecule has 1 aromatic heterocycles. The first kappa shape index (κ1) is 18.5. The molecule has 1 N–H and O–H groups in total. The minimum atomic E-state index is -0.487. The third kappa shape index (κ3) is 4.25. The maximum absolute atomic E-state index is 13.9. The molecular weight excluding hydrogens is 359 g/mol. The lowest BCUT2D eigenvalue weighted by molar-refractivity contribution is 0.0934. The second-order valence-corrected chi connectivity index (χ2v) is 6.72. The van der Waals surface area contributed by atoms with Gasteiger partial charge in [0.1, 0.15) is 5.56 Å². The highest BCUT2D eigenvalue weighted by Crippen LogP contribution is 2.31. The van der Waals surface area contributed by atoms with E-state index in [-0.39, 0.29) is 22.2 Å². The van der Waals surface area contributed by atoms with E-state index in [9.17, 15) is 9.18 Å². The molecule has 0 aliphatic heterocycles. The van der Waals surface area contributed by atoms with Gasteiger partial charge in [-0.3, -0.25) is 4.79 Å². The van der Waals surface area contributed by atoms with Gasteiger partial charge in [-0.15, -0.1) is 0 Å². The molecule has 1 fully saturated rings. The monoisotopic (exact) mass is 378 g/mol. The fourth-order valence-corrected chi connectivity index (χ4v) is 2.74. The molecule has 0 bridgehead atoms. The number of halogens is 2. The highest BCUT2D eigenvalue weighted by molar-refractivity contribution is 6.34. The molecule has 26 heavy (non-hydrogen) atoms. The molecule has 7 heteroatoms. The molecule has 5 nitrogen and oxygen atoms in total. The summed E-state index contributed by atoms with van der Waals surface area (Å²) in [6, 6.07) is 5.66. The van der Waals surface area contributed by atoms with E-state index in [4.69, 9.17) is 21.1 Å². The Morgan fingerprint density at radius 3 is 2.85 bits per heavy atom. The molecule has 0 radical (unpaired) electrons. The molecule has 138 valence electrons. The van der Waals surface area contributed by atoms with Crippen LogP contribution in [0, 0.1) is 11.7 Å². The SMILES string of the molecule is COc1ccc(C(C)NC(=O)c2c(Cl)ccnc2OCC2CC2)cc1F. The summed E-state index contributed by atoms with van der Waals surface area (Å²) in [5.41, 5.74) is 0.799. The summed E-state index contributed by atoms with van der Waals surface area (Å²) in [6.07, 6.45) is 3.76. The number of nitrogens with one attached hydrogen (secondary N) is 1. The van der Waals surface area contributed by atoms with Gasteiger partial charge in [-0.1, -0.05) is 17.7 Å². The average Bonchev–Trinajstić information content (AvgIpc) is 3.44. The maximum atomic E-state index is 13.9. The molecule has 1 unspecified atom stereocenters. The van der Waals surface area contributed by atoms with Crippen molar-refractivity contribution in [2.45, 2.75) is 25.8 Å². The van der Waals surface area contributed by atoms with Crippen LogP contribution in [-0.2, 0) is 0 Å². The zero-order chi connectivity index (χ0) is 18.7. The molecule has 1 amide bonds. The lowest BCUT2D eigenvalue weighted by Crippen LogP contribution is -2.28. The van der Waals surface area contributed by atoms with Gasteiger partial charge in [-0.25, -0.2) is 9.37 Å². The van der Waals surface area contributed by atoms with E-state index in [0.29, 0.717) is 18.1 Å². The average molecular weight is 379 g/mol. The summed E-state index contributed by atoms with van der Waals surface area (Å²) in [5, 5.41) is 3.07. The van der Waals surface area contributed by atoms with Crippen LogP contribution in [0.3, 0.4) is 0 Å². The first-order valence-corrected chi connectivity index (χ1v) is 8.79. The number of hydrogen-bond donors (Lipinski definition) is 1. The van der Waals surface area contributed by atoms with Crippen molar-refractivity contribution in [1.82, 2.24) is 10.3 Å². The molecule has 1 heterocycles. The predicted molar refractivity (Wildman–Crippen MR) is 96.3 cm³/mol. The second-order valence-electron chi connectivity index (χ2n) is 6.32. The van der Waals surface area contributed by atoms with Crippen LogP contribution < -0.4 is 14.8 Å². The van der Waals surface area contributed by atoms with Crippen molar-refractivity contribution in [3.63, 3.8) is 0 Å². The number of carbonyl (C=O) groups excluding carboxylic acids is 1. The van der Waals surface area contributed by atoms with E-state index in [1.807, 2.05) is 0 Å². The van der Waals surface area contributed by atoms with Crippen molar-refractivity contribution in [2.75, 3.05) is 13.7 Å². The number of carbonyl (C=O) groups is 1. The molecule has 3 rings (SSSR count). The molecular formula is C19H20ClFN2O3. The van der Waals surface area contributed by atoms with Crippen LogP contribution in [0.2, 0.25) is 5.02 Å². The van der Waals surface area contributed by atoms with Crippen LogP contribution >= 0.6 is 11.6 Å². The van der Waals surface area contributed by atoms with E-state index < -0.39 is 17.8 Å². The van der Waals surface area contributed by atoms with Gasteiger partial charge in [0.25, 0.3) is 5.91 Å². The molecule has 2 aromatic rings. The standard InChI is InChI=1S/C19H20ClFN2O3/c1-11(13-5-6-16(25-2)15(21)9-13)23-18(24)17-14(20)7-8-22-19(17)26-10-12-3-4-12/h5-9,11-12H,3-4,10H2,1-2H3,(H,23,24). The zero-order valence-corrected chi connectivity index (χ0v) is 15.3. The minimum absolute atomic E-state index is 0.151. The van der Waals surface area contributed by atoms with Gasteiger partial charge in [-0.2, -0.15) is 0 Å². The zero-order valence-electron chi connectivity index (χ0n) is 14.6.